The molecule has 3 atom stereocenters. The lowest BCUT2D eigenvalue weighted by Gasteiger charge is -2.26. The molecule has 0 fully saturated rings. The number of alkyl halides is 1. The summed E-state index contributed by atoms with van der Waals surface area (Å²) in [5, 5.41) is 0. The Hall–Kier alpha value is -4.43. The Balaban J connectivity index is 0.000000304. The van der Waals surface area contributed by atoms with Gasteiger partial charge in [-0.05, 0) is 42.8 Å². The average molecular weight is 720 g/mol. The fourth-order valence-corrected chi connectivity index (χ4v) is 5.67. The van der Waals surface area contributed by atoms with Gasteiger partial charge in [0.15, 0.2) is 0 Å². The van der Waals surface area contributed by atoms with Crippen LogP contribution in [0.4, 0.5) is 0 Å². The summed E-state index contributed by atoms with van der Waals surface area (Å²) < 4.78 is 44.5. The molecular formula is C32H35BrN2O10S. The van der Waals surface area contributed by atoms with Gasteiger partial charge in [-0.15, -0.1) is 0 Å². The number of fused-ring (bicyclic) bond motifs is 1. The van der Waals surface area contributed by atoms with E-state index in [4.69, 9.17) is 28.4 Å². The molecular weight excluding hydrogens is 684 g/mol. The quantitative estimate of drug-likeness (QED) is 0.102. The van der Waals surface area contributed by atoms with Gasteiger partial charge in [-0.1, -0.05) is 28.1 Å². The van der Waals surface area contributed by atoms with Crippen molar-refractivity contribution in [2.24, 2.45) is 0 Å². The second-order valence-electron chi connectivity index (χ2n) is 9.34. The van der Waals surface area contributed by atoms with Gasteiger partial charge in [0.05, 0.1) is 66.9 Å². The molecule has 12 nitrogen and oxygen atoms in total. The lowest BCUT2D eigenvalue weighted by molar-refractivity contribution is -0.152. The van der Waals surface area contributed by atoms with Crippen LogP contribution in [0.2, 0.25) is 0 Å². The SMILES string of the molecule is CCOC(=O)C(c1ccc2nsnc2c1)C(C(=O)OC)c1ccc(OC)cc1OC.COC(=O)C(Br)c1ccc(OC)cc1OC. The topological polar surface area (TPSA) is 142 Å². The van der Waals surface area contributed by atoms with E-state index in [0.29, 0.717) is 50.7 Å². The van der Waals surface area contributed by atoms with Crippen molar-refractivity contribution in [1.29, 1.82) is 0 Å². The van der Waals surface area contributed by atoms with Crippen LogP contribution in [-0.4, -0.2) is 75.9 Å². The standard InChI is InChI=1S/C21H22N2O6S.C11H13BrO4/c1-5-29-21(25)18(12-6-9-15-16(10-12)23-30-22-15)19(20(24)28-4)14-8-7-13(26-2)11-17(14)27-3;1-14-7-4-5-8(9(6-7)15-2)10(12)11(13)16-3/h6-11,18-19H,5H2,1-4H3;4-6,10H,1-3H3. The molecule has 3 unspecified atom stereocenters. The number of ether oxygens (including phenoxy) is 7. The Labute approximate surface area is 279 Å². The predicted octanol–water partition coefficient (Wildman–Crippen LogP) is 5.62. The summed E-state index contributed by atoms with van der Waals surface area (Å²) in [5.41, 5.74) is 3.11. The first-order chi connectivity index (χ1) is 22.2. The smallest absolute Gasteiger partial charge is 0.324 e. The van der Waals surface area contributed by atoms with E-state index in [-0.39, 0.29) is 12.6 Å². The molecule has 0 aliphatic carbocycles. The molecule has 0 saturated carbocycles. The van der Waals surface area contributed by atoms with Crippen LogP contribution in [0.15, 0.2) is 54.6 Å². The molecule has 246 valence electrons. The zero-order chi connectivity index (χ0) is 33.8. The minimum absolute atomic E-state index is 0.170. The van der Waals surface area contributed by atoms with Crippen LogP contribution < -0.4 is 18.9 Å². The van der Waals surface area contributed by atoms with Gasteiger partial charge in [0.25, 0.3) is 0 Å². The minimum Gasteiger partial charge on any atom is -0.497 e. The van der Waals surface area contributed by atoms with Crippen LogP contribution in [0.5, 0.6) is 23.0 Å². The third-order valence-corrected chi connectivity index (χ3v) is 8.29. The normalized spacial score (nSPS) is 12.4. The number of carbonyl (C=O) groups is 3. The van der Waals surface area contributed by atoms with Gasteiger partial charge in [-0.25, -0.2) is 0 Å². The molecule has 0 aliphatic rings. The molecule has 0 radical (unpaired) electrons. The summed E-state index contributed by atoms with van der Waals surface area (Å²) in [4.78, 5) is 36.8. The molecule has 0 spiro atoms. The maximum Gasteiger partial charge on any atom is 0.324 e. The predicted molar refractivity (Wildman–Crippen MR) is 174 cm³/mol. The molecule has 0 saturated heterocycles. The molecule has 4 aromatic rings. The van der Waals surface area contributed by atoms with E-state index >= 15 is 0 Å². The third kappa shape index (κ3) is 8.43. The summed E-state index contributed by atoms with van der Waals surface area (Å²) in [7, 11) is 8.74. The molecule has 3 aromatic carbocycles. The summed E-state index contributed by atoms with van der Waals surface area (Å²) >= 11 is 4.33. The number of halogens is 1. The van der Waals surface area contributed by atoms with Crippen LogP contribution in [0.3, 0.4) is 0 Å². The van der Waals surface area contributed by atoms with Crippen molar-refractivity contribution in [2.75, 3.05) is 49.3 Å². The molecule has 1 aromatic heterocycles. The zero-order valence-electron chi connectivity index (χ0n) is 26.4. The Kier molecular flexibility index (Phi) is 13.6. The van der Waals surface area contributed by atoms with E-state index in [9.17, 15) is 14.4 Å². The summed E-state index contributed by atoms with van der Waals surface area (Å²) in [5.74, 6) is -1.27. The van der Waals surface area contributed by atoms with Crippen molar-refractivity contribution in [3.05, 3.63) is 71.3 Å². The Bertz CT molecular complexity index is 1650. The molecule has 0 aliphatic heterocycles. The van der Waals surface area contributed by atoms with Gasteiger partial charge >= 0.3 is 17.9 Å². The highest BCUT2D eigenvalue weighted by molar-refractivity contribution is 9.09. The van der Waals surface area contributed by atoms with Gasteiger partial charge < -0.3 is 33.2 Å². The summed E-state index contributed by atoms with van der Waals surface area (Å²) in [6.45, 7) is 1.88. The highest BCUT2D eigenvalue weighted by Gasteiger charge is 2.40. The van der Waals surface area contributed by atoms with Crippen molar-refractivity contribution in [3.63, 3.8) is 0 Å². The van der Waals surface area contributed by atoms with E-state index in [1.807, 2.05) is 0 Å². The van der Waals surface area contributed by atoms with Crippen LogP contribution >= 0.6 is 27.7 Å². The number of nitrogens with zero attached hydrogens (tertiary/aromatic N) is 2. The zero-order valence-corrected chi connectivity index (χ0v) is 28.8. The molecule has 46 heavy (non-hydrogen) atoms. The van der Waals surface area contributed by atoms with E-state index in [1.165, 1.54) is 35.5 Å². The van der Waals surface area contributed by atoms with Crippen LogP contribution in [0.1, 0.15) is 40.3 Å². The molecule has 4 rings (SSSR count). The number of methoxy groups -OCH3 is 6. The Morgan fingerprint density at radius 1 is 0.674 bits per heavy atom. The number of hydrogen-bond acceptors (Lipinski definition) is 13. The second-order valence-corrected chi connectivity index (χ2v) is 10.8. The van der Waals surface area contributed by atoms with Crippen molar-refractivity contribution < 1.29 is 47.5 Å². The molecule has 14 heteroatoms. The van der Waals surface area contributed by atoms with Crippen LogP contribution in [0.25, 0.3) is 11.0 Å². The van der Waals surface area contributed by atoms with E-state index < -0.39 is 28.6 Å². The Morgan fingerprint density at radius 2 is 1.24 bits per heavy atom. The van der Waals surface area contributed by atoms with Gasteiger partial charge in [0.1, 0.15) is 44.8 Å². The molecule has 0 N–H and O–H groups in total. The second kappa shape index (κ2) is 17.3. The van der Waals surface area contributed by atoms with Gasteiger partial charge in [0.2, 0.25) is 0 Å². The highest BCUT2D eigenvalue weighted by Crippen LogP contribution is 2.41. The van der Waals surface area contributed by atoms with E-state index in [2.05, 4.69) is 29.4 Å². The lowest BCUT2D eigenvalue weighted by Crippen LogP contribution is -2.29. The number of carbonyl (C=O) groups excluding carboxylic acids is 3. The molecule has 0 bridgehead atoms. The maximum absolute atomic E-state index is 13.0. The Morgan fingerprint density at radius 3 is 1.78 bits per heavy atom. The molecule has 1 heterocycles. The van der Waals surface area contributed by atoms with Crippen LogP contribution in [0, 0.1) is 0 Å². The number of aromatic nitrogens is 2. The number of esters is 3. The lowest BCUT2D eigenvalue weighted by atomic mass is 9.80. The van der Waals surface area contributed by atoms with Crippen molar-refractivity contribution in [2.45, 2.75) is 23.6 Å². The number of benzene rings is 3. The minimum atomic E-state index is -1.00. The fraction of sp³-hybridized carbons (Fsp3) is 0.344. The highest BCUT2D eigenvalue weighted by atomic mass is 79.9. The largest absolute Gasteiger partial charge is 0.497 e. The maximum atomic E-state index is 13.0. The number of hydrogen-bond donors (Lipinski definition) is 0. The average Bonchev–Trinajstić information content (AvgIpc) is 3.57. The van der Waals surface area contributed by atoms with Crippen molar-refractivity contribution >= 4 is 56.6 Å². The first-order valence-electron chi connectivity index (χ1n) is 13.8. The van der Waals surface area contributed by atoms with Gasteiger partial charge in [-0.3, -0.25) is 14.4 Å². The number of rotatable bonds is 12. The molecule has 0 amide bonds. The fourth-order valence-electron chi connectivity index (χ4n) is 4.59. The van der Waals surface area contributed by atoms with Crippen molar-refractivity contribution in [3.8, 4) is 23.0 Å². The monoisotopic (exact) mass is 718 g/mol. The summed E-state index contributed by atoms with van der Waals surface area (Å²) in [6, 6.07) is 15.5. The first kappa shape index (κ1) is 36.0. The van der Waals surface area contributed by atoms with Gasteiger partial charge in [0, 0.05) is 23.3 Å². The first-order valence-corrected chi connectivity index (χ1v) is 15.4. The third-order valence-electron chi connectivity index (χ3n) is 6.86. The van der Waals surface area contributed by atoms with Crippen molar-refractivity contribution in [1.82, 2.24) is 8.75 Å². The van der Waals surface area contributed by atoms with E-state index in [0.717, 1.165) is 11.7 Å². The van der Waals surface area contributed by atoms with E-state index in [1.54, 1.807) is 68.6 Å². The summed E-state index contributed by atoms with van der Waals surface area (Å²) in [6.07, 6.45) is 0. The van der Waals surface area contributed by atoms with Gasteiger partial charge in [-0.2, -0.15) is 8.75 Å². The van der Waals surface area contributed by atoms with Crippen LogP contribution in [-0.2, 0) is 28.6 Å².